The highest BCUT2D eigenvalue weighted by molar-refractivity contribution is 7.13. The van der Waals surface area contributed by atoms with E-state index in [2.05, 4.69) is 4.98 Å². The first-order chi connectivity index (χ1) is 9.02. The van der Waals surface area contributed by atoms with Gasteiger partial charge >= 0.3 is 0 Å². The van der Waals surface area contributed by atoms with Gasteiger partial charge in [-0.15, -0.1) is 11.3 Å². The van der Waals surface area contributed by atoms with E-state index in [-0.39, 0.29) is 18.6 Å². The summed E-state index contributed by atoms with van der Waals surface area (Å²) in [6.07, 6.45) is 0. The van der Waals surface area contributed by atoms with Crippen LogP contribution >= 0.6 is 11.3 Å². The second-order valence-electron chi connectivity index (χ2n) is 4.40. The van der Waals surface area contributed by atoms with Crippen LogP contribution in [0.2, 0.25) is 0 Å². The Hall–Kier alpha value is -1.66. The molecule has 2 aromatic rings. The van der Waals surface area contributed by atoms with Gasteiger partial charge in [-0.05, 0) is 26.0 Å². The van der Waals surface area contributed by atoms with E-state index >= 15 is 0 Å². The van der Waals surface area contributed by atoms with E-state index in [1.54, 1.807) is 19.4 Å². The molecule has 19 heavy (non-hydrogen) atoms. The number of aliphatic hydroxyl groups is 1. The smallest absolute Gasteiger partial charge is 0.273 e. The first kappa shape index (κ1) is 13.8. The molecule has 0 aromatic carbocycles. The lowest BCUT2D eigenvalue weighted by Crippen LogP contribution is -2.37. The minimum absolute atomic E-state index is 0.0728. The second kappa shape index (κ2) is 5.54. The van der Waals surface area contributed by atoms with E-state index < -0.39 is 0 Å². The average Bonchev–Trinajstić information content (AvgIpc) is 3.04. The van der Waals surface area contributed by atoms with Crippen molar-refractivity contribution in [1.29, 1.82) is 0 Å². The molecule has 1 atom stereocenters. The third kappa shape index (κ3) is 2.85. The number of nitrogens with zero attached hydrogens (tertiary/aromatic N) is 2. The molecule has 102 valence electrons. The van der Waals surface area contributed by atoms with Gasteiger partial charge in [0.1, 0.15) is 11.5 Å². The summed E-state index contributed by atoms with van der Waals surface area (Å²) in [7, 11) is 1.65. The highest BCUT2D eigenvalue weighted by Gasteiger charge is 2.20. The quantitative estimate of drug-likeness (QED) is 0.932. The summed E-state index contributed by atoms with van der Waals surface area (Å²) in [6, 6.07) is 3.46. The zero-order valence-corrected chi connectivity index (χ0v) is 11.9. The SMILES string of the molecule is Cc1ccc(-c2nc(C(=O)N(C)C(C)CO)cs2)o1. The molecule has 1 amide bonds. The number of hydrogen-bond donors (Lipinski definition) is 1. The Balaban J connectivity index is 2.19. The molecule has 2 heterocycles. The molecule has 5 nitrogen and oxygen atoms in total. The van der Waals surface area contributed by atoms with Crippen molar-refractivity contribution in [3.05, 3.63) is 29.0 Å². The van der Waals surface area contributed by atoms with E-state index in [1.165, 1.54) is 16.2 Å². The van der Waals surface area contributed by atoms with Crippen LogP contribution in [0.15, 0.2) is 21.9 Å². The van der Waals surface area contributed by atoms with Crippen LogP contribution in [0.3, 0.4) is 0 Å². The predicted molar refractivity (Wildman–Crippen MR) is 73.2 cm³/mol. The molecule has 0 aliphatic heterocycles. The third-order valence-corrected chi connectivity index (χ3v) is 3.78. The van der Waals surface area contributed by atoms with Crippen molar-refractivity contribution in [3.8, 4) is 10.8 Å². The van der Waals surface area contributed by atoms with Gasteiger partial charge in [-0.3, -0.25) is 4.79 Å². The zero-order chi connectivity index (χ0) is 14.0. The van der Waals surface area contributed by atoms with E-state index in [9.17, 15) is 4.79 Å². The highest BCUT2D eigenvalue weighted by atomic mass is 32.1. The molecular formula is C13H16N2O3S. The minimum atomic E-state index is -0.233. The molecule has 0 saturated carbocycles. The van der Waals surface area contributed by atoms with Crippen molar-refractivity contribution < 1.29 is 14.3 Å². The summed E-state index contributed by atoms with van der Waals surface area (Å²) < 4.78 is 5.47. The number of rotatable bonds is 4. The van der Waals surface area contributed by atoms with Gasteiger partial charge in [-0.25, -0.2) is 4.98 Å². The summed E-state index contributed by atoms with van der Waals surface area (Å²) in [5.41, 5.74) is 0.372. The maximum absolute atomic E-state index is 12.1. The van der Waals surface area contributed by atoms with Gasteiger partial charge in [0, 0.05) is 12.4 Å². The summed E-state index contributed by atoms with van der Waals surface area (Å²) in [5.74, 6) is 1.27. The van der Waals surface area contributed by atoms with Crippen LogP contribution in [0.1, 0.15) is 23.2 Å². The average molecular weight is 280 g/mol. The summed E-state index contributed by atoms with van der Waals surface area (Å²) >= 11 is 1.37. The third-order valence-electron chi connectivity index (χ3n) is 2.92. The van der Waals surface area contributed by atoms with Crippen LogP contribution in [0.4, 0.5) is 0 Å². The lowest BCUT2D eigenvalue weighted by Gasteiger charge is -2.21. The fourth-order valence-corrected chi connectivity index (χ4v) is 2.29. The number of aromatic nitrogens is 1. The van der Waals surface area contributed by atoms with Crippen LogP contribution in [-0.2, 0) is 0 Å². The molecule has 0 bridgehead atoms. The Bertz CT molecular complexity index is 576. The molecule has 0 radical (unpaired) electrons. The molecule has 0 aliphatic carbocycles. The van der Waals surface area contributed by atoms with Crippen LogP contribution in [0, 0.1) is 6.92 Å². The number of amides is 1. The van der Waals surface area contributed by atoms with E-state index in [1.807, 2.05) is 19.1 Å². The van der Waals surface area contributed by atoms with Crippen molar-refractivity contribution in [2.45, 2.75) is 19.9 Å². The minimum Gasteiger partial charge on any atom is -0.459 e. The fourth-order valence-electron chi connectivity index (χ4n) is 1.54. The van der Waals surface area contributed by atoms with Crippen molar-refractivity contribution in [3.63, 3.8) is 0 Å². The number of furan rings is 1. The monoisotopic (exact) mass is 280 g/mol. The molecule has 0 saturated heterocycles. The second-order valence-corrected chi connectivity index (χ2v) is 5.25. The van der Waals surface area contributed by atoms with Crippen molar-refractivity contribution in [2.24, 2.45) is 0 Å². The lowest BCUT2D eigenvalue weighted by molar-refractivity contribution is 0.0677. The van der Waals surface area contributed by atoms with Crippen molar-refractivity contribution in [1.82, 2.24) is 9.88 Å². The predicted octanol–water partition coefficient (Wildman–Crippen LogP) is 2.16. The number of hydrogen-bond acceptors (Lipinski definition) is 5. The number of carbonyl (C=O) groups excluding carboxylic acids is 1. The number of aliphatic hydroxyl groups excluding tert-OH is 1. The highest BCUT2D eigenvalue weighted by Crippen LogP contribution is 2.26. The number of carbonyl (C=O) groups is 1. The lowest BCUT2D eigenvalue weighted by atomic mass is 10.3. The first-order valence-corrected chi connectivity index (χ1v) is 6.81. The summed E-state index contributed by atoms with van der Waals surface area (Å²) in [6.45, 7) is 3.57. The normalized spacial score (nSPS) is 12.4. The van der Waals surface area contributed by atoms with E-state index in [0.29, 0.717) is 16.5 Å². The Morgan fingerprint density at radius 1 is 1.58 bits per heavy atom. The molecule has 0 fully saturated rings. The van der Waals surface area contributed by atoms with Crippen LogP contribution in [0.25, 0.3) is 10.8 Å². The van der Waals surface area contributed by atoms with Gasteiger partial charge in [-0.2, -0.15) is 0 Å². The Labute approximate surface area is 115 Å². The maximum atomic E-state index is 12.1. The van der Waals surface area contributed by atoms with Crippen molar-refractivity contribution >= 4 is 17.2 Å². The van der Waals surface area contributed by atoms with E-state index in [4.69, 9.17) is 9.52 Å². The molecule has 2 aromatic heterocycles. The molecule has 0 aliphatic rings. The van der Waals surface area contributed by atoms with Crippen LogP contribution < -0.4 is 0 Å². The number of thiazole rings is 1. The largest absolute Gasteiger partial charge is 0.459 e. The molecule has 1 N–H and O–H groups in total. The van der Waals surface area contributed by atoms with E-state index in [0.717, 1.165) is 5.76 Å². The van der Waals surface area contributed by atoms with Gasteiger partial charge in [0.05, 0.1) is 12.6 Å². The maximum Gasteiger partial charge on any atom is 0.273 e. The van der Waals surface area contributed by atoms with Gasteiger partial charge in [0.25, 0.3) is 5.91 Å². The topological polar surface area (TPSA) is 66.6 Å². The molecule has 0 spiro atoms. The summed E-state index contributed by atoms with van der Waals surface area (Å²) in [5, 5.41) is 11.4. The first-order valence-electron chi connectivity index (χ1n) is 5.93. The van der Waals surface area contributed by atoms with Gasteiger partial charge in [-0.1, -0.05) is 0 Å². The van der Waals surface area contributed by atoms with Crippen LogP contribution in [-0.4, -0.2) is 40.6 Å². The molecular weight excluding hydrogens is 264 g/mol. The van der Waals surface area contributed by atoms with Crippen LogP contribution in [0.5, 0.6) is 0 Å². The molecule has 6 heteroatoms. The van der Waals surface area contributed by atoms with Gasteiger partial charge in [0.15, 0.2) is 10.8 Å². The van der Waals surface area contributed by atoms with Crippen molar-refractivity contribution in [2.75, 3.05) is 13.7 Å². The molecule has 1 unspecified atom stereocenters. The summed E-state index contributed by atoms with van der Waals surface area (Å²) in [4.78, 5) is 17.9. The number of likely N-dealkylation sites (N-methyl/N-ethyl adjacent to an activating group) is 1. The van der Waals surface area contributed by atoms with Gasteiger partial charge in [0.2, 0.25) is 0 Å². The molecule has 2 rings (SSSR count). The Morgan fingerprint density at radius 3 is 2.89 bits per heavy atom. The fraction of sp³-hybridized carbons (Fsp3) is 0.385. The standard InChI is InChI=1S/C13H16N2O3S/c1-8(6-16)15(3)13(17)10-7-19-12(14-10)11-5-4-9(2)18-11/h4-5,7-8,16H,6H2,1-3H3. The van der Waals surface area contributed by atoms with Gasteiger partial charge < -0.3 is 14.4 Å². The number of aryl methyl sites for hydroxylation is 1. The zero-order valence-electron chi connectivity index (χ0n) is 11.1. The Morgan fingerprint density at radius 2 is 2.32 bits per heavy atom. The Kier molecular flexibility index (Phi) is 4.01.